The van der Waals surface area contributed by atoms with Crippen molar-refractivity contribution in [3.63, 3.8) is 0 Å². The van der Waals surface area contributed by atoms with Gasteiger partial charge in [-0.2, -0.15) is 0 Å². The number of nitrogen functional groups attached to an aromatic ring is 1. The molecule has 2 heterocycles. The first-order valence-electron chi connectivity index (χ1n) is 10.1. The van der Waals surface area contributed by atoms with Gasteiger partial charge in [-0.15, -0.1) is 0 Å². The van der Waals surface area contributed by atoms with Gasteiger partial charge in [-0.25, -0.2) is 9.37 Å². The SMILES string of the molecule is COCCNCc1ccc(CCc2cnc3c(N)nc4ccccc4c3c2F)cc1. The van der Waals surface area contributed by atoms with Gasteiger partial charge < -0.3 is 15.8 Å². The van der Waals surface area contributed by atoms with E-state index in [1.807, 2.05) is 24.3 Å². The van der Waals surface area contributed by atoms with Gasteiger partial charge in [-0.05, 0) is 30.0 Å². The molecule has 0 bridgehead atoms. The van der Waals surface area contributed by atoms with Gasteiger partial charge in [0.05, 0.1) is 12.1 Å². The Kier molecular flexibility index (Phi) is 6.16. The molecule has 0 saturated heterocycles. The molecule has 2 aromatic carbocycles. The number of aryl methyl sites for hydroxylation is 2. The third-order valence-electron chi connectivity index (χ3n) is 5.26. The van der Waals surface area contributed by atoms with E-state index >= 15 is 4.39 Å². The Morgan fingerprint density at radius 1 is 1.03 bits per heavy atom. The number of ether oxygens (including phenoxy) is 1. The number of benzene rings is 2. The summed E-state index contributed by atoms with van der Waals surface area (Å²) in [6.07, 6.45) is 2.88. The molecule has 0 spiro atoms. The molecule has 0 aliphatic carbocycles. The number of pyridine rings is 2. The number of rotatable bonds is 8. The van der Waals surface area contributed by atoms with Crippen LogP contribution in [0.5, 0.6) is 0 Å². The molecule has 6 heteroatoms. The van der Waals surface area contributed by atoms with Crippen LogP contribution in [-0.4, -0.2) is 30.2 Å². The first-order chi connectivity index (χ1) is 14.7. The second-order valence-corrected chi connectivity index (χ2v) is 7.32. The van der Waals surface area contributed by atoms with Gasteiger partial charge in [0.25, 0.3) is 0 Å². The molecular formula is C24H25FN4O. The van der Waals surface area contributed by atoms with Crippen molar-refractivity contribution in [1.29, 1.82) is 0 Å². The minimum Gasteiger partial charge on any atom is -0.383 e. The first kappa shape index (κ1) is 20.2. The Morgan fingerprint density at radius 2 is 1.80 bits per heavy atom. The van der Waals surface area contributed by atoms with Crippen LogP contribution in [0.15, 0.2) is 54.7 Å². The van der Waals surface area contributed by atoms with Crippen molar-refractivity contribution in [3.8, 4) is 0 Å². The summed E-state index contributed by atoms with van der Waals surface area (Å²) in [4.78, 5) is 8.77. The van der Waals surface area contributed by atoms with E-state index in [9.17, 15) is 0 Å². The molecule has 0 aliphatic rings. The molecular weight excluding hydrogens is 379 g/mol. The Labute approximate surface area is 175 Å². The summed E-state index contributed by atoms with van der Waals surface area (Å²) in [5, 5.41) is 4.51. The maximum absolute atomic E-state index is 15.4. The van der Waals surface area contributed by atoms with E-state index < -0.39 is 0 Å². The van der Waals surface area contributed by atoms with Gasteiger partial charge in [0, 0.05) is 42.7 Å². The van der Waals surface area contributed by atoms with E-state index in [1.54, 1.807) is 13.3 Å². The lowest BCUT2D eigenvalue weighted by Gasteiger charge is -2.10. The molecule has 3 N–H and O–H groups in total. The molecule has 0 amide bonds. The van der Waals surface area contributed by atoms with Crippen molar-refractivity contribution in [2.24, 2.45) is 0 Å². The van der Waals surface area contributed by atoms with Gasteiger partial charge in [-0.1, -0.05) is 42.5 Å². The van der Waals surface area contributed by atoms with E-state index in [-0.39, 0.29) is 11.6 Å². The third kappa shape index (κ3) is 4.25. The summed E-state index contributed by atoms with van der Waals surface area (Å²) < 4.78 is 20.4. The Hall–Kier alpha value is -3.09. The van der Waals surface area contributed by atoms with Crippen LogP contribution in [0, 0.1) is 5.82 Å². The van der Waals surface area contributed by atoms with Crippen LogP contribution in [0.3, 0.4) is 0 Å². The normalized spacial score (nSPS) is 11.4. The number of anilines is 1. The number of nitrogens with one attached hydrogen (secondary N) is 1. The molecule has 0 radical (unpaired) electrons. The van der Waals surface area contributed by atoms with Crippen molar-refractivity contribution < 1.29 is 9.13 Å². The highest BCUT2D eigenvalue weighted by Gasteiger charge is 2.15. The van der Waals surface area contributed by atoms with Crippen molar-refractivity contribution >= 4 is 27.6 Å². The van der Waals surface area contributed by atoms with Gasteiger partial charge in [-0.3, -0.25) is 4.98 Å². The molecule has 154 valence electrons. The number of halogens is 1. The average molecular weight is 404 g/mol. The zero-order valence-electron chi connectivity index (χ0n) is 17.0. The Morgan fingerprint density at radius 3 is 2.60 bits per heavy atom. The molecule has 2 aromatic heterocycles. The minimum atomic E-state index is -0.260. The van der Waals surface area contributed by atoms with E-state index in [4.69, 9.17) is 10.5 Å². The van der Waals surface area contributed by atoms with Crippen LogP contribution in [0.4, 0.5) is 10.2 Å². The first-order valence-corrected chi connectivity index (χ1v) is 10.1. The number of hydrogen-bond donors (Lipinski definition) is 2. The Balaban J connectivity index is 1.52. The monoisotopic (exact) mass is 404 g/mol. The fourth-order valence-corrected chi connectivity index (χ4v) is 3.62. The van der Waals surface area contributed by atoms with Crippen LogP contribution in [-0.2, 0) is 24.1 Å². The third-order valence-corrected chi connectivity index (χ3v) is 5.26. The summed E-state index contributed by atoms with van der Waals surface area (Å²) in [5.74, 6) is -0.00638. The van der Waals surface area contributed by atoms with Crippen LogP contribution < -0.4 is 11.1 Å². The molecule has 0 fully saturated rings. The van der Waals surface area contributed by atoms with Crippen LogP contribution in [0.2, 0.25) is 0 Å². The Bertz CT molecular complexity index is 1160. The van der Waals surface area contributed by atoms with Gasteiger partial charge in [0.1, 0.15) is 11.3 Å². The standard InChI is InChI=1S/C24H25FN4O/c1-30-13-12-27-14-17-8-6-16(7-9-17)10-11-18-15-28-23-21(22(18)25)19-4-2-3-5-20(19)29-24(23)26/h2-9,15,27H,10-14H2,1H3,(H2,26,29). The largest absolute Gasteiger partial charge is 0.383 e. The quantitative estimate of drug-likeness (QED) is 0.343. The maximum Gasteiger partial charge on any atom is 0.150 e. The highest BCUT2D eigenvalue weighted by molar-refractivity contribution is 6.08. The smallest absolute Gasteiger partial charge is 0.150 e. The summed E-state index contributed by atoms with van der Waals surface area (Å²) in [6, 6.07) is 15.8. The average Bonchev–Trinajstić information content (AvgIpc) is 2.77. The van der Waals surface area contributed by atoms with Crippen LogP contribution in [0.25, 0.3) is 21.8 Å². The predicted octanol–water partition coefficient (Wildman–Crippen LogP) is 4.03. The second-order valence-electron chi connectivity index (χ2n) is 7.32. The lowest BCUT2D eigenvalue weighted by Crippen LogP contribution is -2.18. The number of nitrogens with zero attached hydrogens (tertiary/aromatic N) is 2. The fourth-order valence-electron chi connectivity index (χ4n) is 3.62. The molecule has 30 heavy (non-hydrogen) atoms. The van der Waals surface area contributed by atoms with E-state index in [1.165, 1.54) is 5.56 Å². The summed E-state index contributed by atoms with van der Waals surface area (Å²) in [5.41, 5.74) is 10.1. The minimum absolute atomic E-state index is 0.254. The number of methoxy groups -OCH3 is 1. The predicted molar refractivity (Wildman–Crippen MR) is 119 cm³/mol. The summed E-state index contributed by atoms with van der Waals surface area (Å²) in [7, 11) is 1.69. The summed E-state index contributed by atoms with van der Waals surface area (Å²) >= 11 is 0. The van der Waals surface area contributed by atoms with Gasteiger partial charge >= 0.3 is 0 Å². The van der Waals surface area contributed by atoms with Crippen molar-refractivity contribution in [3.05, 3.63) is 77.2 Å². The fraction of sp³-hybridized carbons (Fsp3) is 0.250. The zero-order chi connectivity index (χ0) is 20.9. The lowest BCUT2D eigenvalue weighted by atomic mass is 10.0. The number of para-hydroxylation sites is 1. The van der Waals surface area contributed by atoms with E-state index in [0.717, 1.165) is 30.5 Å². The van der Waals surface area contributed by atoms with Crippen LogP contribution in [0.1, 0.15) is 16.7 Å². The topological polar surface area (TPSA) is 73.1 Å². The number of fused-ring (bicyclic) bond motifs is 3. The van der Waals surface area contributed by atoms with Crippen molar-refractivity contribution in [2.75, 3.05) is 26.0 Å². The van der Waals surface area contributed by atoms with Gasteiger partial charge in [0.15, 0.2) is 5.82 Å². The lowest BCUT2D eigenvalue weighted by molar-refractivity contribution is 0.199. The molecule has 4 aromatic rings. The van der Waals surface area contributed by atoms with E-state index in [0.29, 0.717) is 35.0 Å². The number of hydrogen-bond acceptors (Lipinski definition) is 5. The molecule has 0 aliphatic heterocycles. The van der Waals surface area contributed by atoms with Crippen molar-refractivity contribution in [2.45, 2.75) is 19.4 Å². The van der Waals surface area contributed by atoms with Crippen molar-refractivity contribution in [1.82, 2.24) is 15.3 Å². The zero-order valence-corrected chi connectivity index (χ0v) is 17.0. The molecule has 0 unspecified atom stereocenters. The second kappa shape index (κ2) is 9.15. The number of nitrogens with two attached hydrogens (primary N) is 1. The van der Waals surface area contributed by atoms with E-state index in [2.05, 4.69) is 39.6 Å². The highest BCUT2D eigenvalue weighted by Crippen LogP contribution is 2.30. The maximum atomic E-state index is 15.4. The molecule has 4 rings (SSSR count). The molecule has 5 nitrogen and oxygen atoms in total. The number of aromatic nitrogens is 2. The van der Waals surface area contributed by atoms with Crippen LogP contribution >= 0.6 is 0 Å². The van der Waals surface area contributed by atoms with Gasteiger partial charge in [0.2, 0.25) is 0 Å². The highest BCUT2D eigenvalue weighted by atomic mass is 19.1. The summed E-state index contributed by atoms with van der Waals surface area (Å²) in [6.45, 7) is 2.32. The molecule has 0 saturated carbocycles. The molecule has 0 atom stereocenters.